The molecule has 0 aromatic heterocycles. The van der Waals surface area contributed by atoms with E-state index in [1.165, 1.54) is 113 Å². The van der Waals surface area contributed by atoms with E-state index in [1.54, 1.807) is 0 Å². The largest absolute Gasteiger partial charge is 0.397 e. The number of fused-ring (bicyclic) bond motifs is 10. The van der Waals surface area contributed by atoms with E-state index in [0.717, 1.165) is 89.0 Å². The van der Waals surface area contributed by atoms with E-state index in [9.17, 15) is 0 Å². The SMILES string of the molecule is CC.CC.CC.CN(c1[c-]cccc1)c1[c-]cc2c(c1)Cc1ccccc1N2C.CN(c1[c-]cccc1)c1[c-]cc2c(c1)Cc1ccccc1N2C.CN(c1[c-]cccc1)c1[c-]cc2c(c1)N(C)c1ccccc1C2.CN(c1[c-]cccc1)c1[c-]cc2c(c1)N(C)c1ccccc1C2.CN(c1[c-]cccc1)c1[c-]cc2c(c1)N(C)c1ccccc1C2.[Y].[Y].[Y].[Y].[Y]. The summed E-state index contributed by atoms with van der Waals surface area (Å²) in [5.41, 5.74) is 36.6. The fourth-order valence-electron chi connectivity index (χ4n) is 16.0. The van der Waals surface area contributed by atoms with Crippen LogP contribution >= 0.6 is 0 Å². The molecule has 0 fully saturated rings. The van der Waals surface area contributed by atoms with E-state index < -0.39 is 0 Å². The number of benzene rings is 15. The summed E-state index contributed by atoms with van der Waals surface area (Å²) in [4.78, 5) is 21.9. The normalized spacial score (nSPS) is 11.6. The zero-order chi connectivity index (χ0) is 85.1. The zero-order valence-electron chi connectivity index (χ0n) is 75.8. The van der Waals surface area contributed by atoms with E-state index in [2.05, 4.69) is 392 Å². The topological polar surface area (TPSA) is 32.4 Å². The molecule has 5 aliphatic heterocycles. The van der Waals surface area contributed by atoms with Crippen molar-refractivity contribution in [2.24, 2.45) is 0 Å². The van der Waals surface area contributed by atoms with Crippen molar-refractivity contribution in [2.75, 3.05) is 119 Å². The molecule has 5 radical (unpaired) electrons. The van der Waals surface area contributed by atoms with Crippen LogP contribution in [0.5, 0.6) is 0 Å². The quantitative estimate of drug-likeness (QED) is 0.124. The Bertz CT molecular complexity index is 5420. The Kier molecular flexibility index (Phi) is 41.1. The number of hydrogen-bond donors (Lipinski definition) is 0. The van der Waals surface area contributed by atoms with Crippen LogP contribution in [0.1, 0.15) is 97.2 Å². The van der Waals surface area contributed by atoms with Crippen molar-refractivity contribution in [1.82, 2.24) is 0 Å². The summed E-state index contributed by atoms with van der Waals surface area (Å²) in [6.45, 7) is 12.0. The molecule has 0 saturated carbocycles. The third kappa shape index (κ3) is 24.1. The van der Waals surface area contributed by atoms with Gasteiger partial charge >= 0.3 is 0 Å². The molecule has 10 nitrogen and oxygen atoms in total. The van der Waals surface area contributed by atoms with Gasteiger partial charge in [0.1, 0.15) is 0 Å². The molecule has 0 aliphatic carbocycles. The fraction of sp³-hybridized carbons (Fsp3) is 0.189. The number of rotatable bonds is 10. The minimum Gasteiger partial charge on any atom is -0.397 e. The Labute approximate surface area is 878 Å². The van der Waals surface area contributed by atoms with Crippen LogP contribution < -0.4 is 49.0 Å². The third-order valence-corrected chi connectivity index (χ3v) is 22.5. The fourth-order valence-corrected chi connectivity index (χ4v) is 16.0. The first kappa shape index (κ1) is 103. The van der Waals surface area contributed by atoms with Gasteiger partial charge in [-0.05, 0) is 104 Å². The minimum absolute atomic E-state index is 0. The molecule has 0 bridgehead atoms. The van der Waals surface area contributed by atoms with Gasteiger partial charge in [-0.2, -0.15) is 182 Å². The maximum atomic E-state index is 3.43. The van der Waals surface area contributed by atoms with Crippen LogP contribution in [0.25, 0.3) is 0 Å². The van der Waals surface area contributed by atoms with Gasteiger partial charge in [-0.15, -0.1) is 88.5 Å². The summed E-state index contributed by atoms with van der Waals surface area (Å²) in [6, 6.07) is 138. The number of anilines is 20. The maximum Gasteiger partial charge on any atom is 0.0415 e. The number of nitrogens with zero attached hydrogens (tertiary/aromatic N) is 10. The summed E-state index contributed by atoms with van der Waals surface area (Å²) in [7, 11) is 20.9. The molecular formula is C111H108N10Y5-10. The number of hydrogen-bond acceptors (Lipinski definition) is 10. The molecule has 0 N–H and O–H groups in total. The van der Waals surface area contributed by atoms with Gasteiger partial charge in [-0.1, -0.05) is 218 Å². The summed E-state index contributed by atoms with van der Waals surface area (Å²) in [5, 5.41) is 0. The van der Waals surface area contributed by atoms with E-state index in [-0.39, 0.29) is 164 Å². The Hall–Kier alpha value is -8.18. The summed E-state index contributed by atoms with van der Waals surface area (Å²) in [5.74, 6) is 0. The van der Waals surface area contributed by atoms with Crippen LogP contribution in [0.3, 0.4) is 0 Å². The molecule has 126 heavy (non-hydrogen) atoms. The first-order chi connectivity index (χ1) is 59.2. The van der Waals surface area contributed by atoms with Crippen LogP contribution in [-0.4, -0.2) is 70.5 Å². The van der Waals surface area contributed by atoms with Gasteiger partial charge in [0.15, 0.2) is 0 Å². The van der Waals surface area contributed by atoms with Crippen molar-refractivity contribution in [3.05, 3.63) is 420 Å². The molecule has 0 atom stereocenters. The van der Waals surface area contributed by atoms with E-state index in [0.29, 0.717) is 0 Å². The monoisotopic (exact) mass is 2030 g/mol. The maximum absolute atomic E-state index is 3.43. The average molecular weight is 2030 g/mol. The van der Waals surface area contributed by atoms with E-state index in [4.69, 9.17) is 0 Å². The van der Waals surface area contributed by atoms with Crippen molar-refractivity contribution in [3.8, 4) is 0 Å². The molecular weight excluding hydrogens is 1920 g/mol. The van der Waals surface area contributed by atoms with Gasteiger partial charge in [-0.25, -0.2) is 0 Å². The predicted molar refractivity (Wildman–Crippen MR) is 514 cm³/mol. The van der Waals surface area contributed by atoms with Crippen LogP contribution in [0.15, 0.2) is 303 Å². The number of para-hydroxylation sites is 10. The Morgan fingerprint density at radius 3 is 0.579 bits per heavy atom. The van der Waals surface area contributed by atoms with E-state index >= 15 is 0 Å². The van der Waals surface area contributed by atoms with Crippen molar-refractivity contribution in [3.63, 3.8) is 0 Å². The molecule has 0 unspecified atom stereocenters. The molecule has 15 aromatic carbocycles. The second-order valence-corrected chi connectivity index (χ2v) is 29.5. The molecule has 15 aromatic rings. The summed E-state index contributed by atoms with van der Waals surface area (Å²) >= 11 is 0. The predicted octanol–water partition coefficient (Wildman–Crippen LogP) is 26.7. The van der Waals surface area contributed by atoms with Crippen molar-refractivity contribution in [1.29, 1.82) is 0 Å². The van der Waals surface area contributed by atoms with Gasteiger partial charge in [0, 0.05) is 248 Å². The molecule has 0 spiro atoms. The van der Waals surface area contributed by atoms with Crippen LogP contribution in [0, 0.1) is 60.7 Å². The van der Waals surface area contributed by atoms with E-state index in [1.807, 2.05) is 133 Å². The van der Waals surface area contributed by atoms with Crippen LogP contribution in [0.2, 0.25) is 0 Å². The summed E-state index contributed by atoms with van der Waals surface area (Å²) in [6.07, 6.45) is 4.82. The zero-order valence-corrected chi connectivity index (χ0v) is 90.0. The van der Waals surface area contributed by atoms with Gasteiger partial charge in [0.2, 0.25) is 0 Å². The van der Waals surface area contributed by atoms with Gasteiger partial charge < -0.3 is 49.0 Å². The molecule has 0 saturated heterocycles. The molecule has 20 rings (SSSR count). The van der Waals surface area contributed by atoms with Gasteiger partial charge in [0.05, 0.1) is 0 Å². The van der Waals surface area contributed by atoms with Crippen molar-refractivity contribution in [2.45, 2.75) is 73.6 Å². The molecule has 627 valence electrons. The first-order valence-corrected chi connectivity index (χ1v) is 42.0. The third-order valence-electron chi connectivity index (χ3n) is 22.5. The average Bonchev–Trinajstić information content (AvgIpc) is 0.792. The first-order valence-electron chi connectivity index (χ1n) is 42.0. The van der Waals surface area contributed by atoms with Gasteiger partial charge in [0.25, 0.3) is 0 Å². The minimum atomic E-state index is 0. The summed E-state index contributed by atoms with van der Waals surface area (Å²) < 4.78 is 0. The standard InChI is InChI=1S/5C21H18N2.3C2H6.5Y/c2*1-22(18-9-4-3-5-10-18)19-12-13-21-17(15-19)14-16-8-6-7-11-20(16)23(21)2;3*1-22(18-9-4-3-5-10-18)19-13-12-17-14-16-8-6-7-11-20(16)23(2)21(17)15-19;3*1-2;;;;;/h2*3-9,11,13,15H,14H2,1-2H3;3*3-9,11-12,15H,14H2,1-2H3;3*1-2H3;;;;;/q5*-2;;;;;;;;. The second-order valence-electron chi connectivity index (χ2n) is 29.5. The Balaban J connectivity index is 0.000000190. The van der Waals surface area contributed by atoms with Crippen molar-refractivity contribution < 1.29 is 164 Å². The van der Waals surface area contributed by atoms with Crippen molar-refractivity contribution >= 4 is 114 Å². The molecule has 0 amide bonds. The van der Waals surface area contributed by atoms with Gasteiger partial charge in [-0.3, -0.25) is 0 Å². The van der Waals surface area contributed by atoms with Crippen LogP contribution in [-0.2, 0) is 196 Å². The smallest absolute Gasteiger partial charge is 0.0415 e. The molecule has 5 heterocycles. The molecule has 15 heteroatoms. The van der Waals surface area contributed by atoms with Crippen LogP contribution in [0.4, 0.5) is 114 Å². The molecule has 5 aliphatic rings. The second kappa shape index (κ2) is 50.1. The Morgan fingerprint density at radius 2 is 0.365 bits per heavy atom. The Morgan fingerprint density at radius 1 is 0.183 bits per heavy atom.